The maximum Gasteiger partial charge on any atom is 0.0488 e. The lowest BCUT2D eigenvalue weighted by atomic mass is 9.87. The quantitative estimate of drug-likeness (QED) is 0.482. The molecule has 0 spiro atoms. The number of anilines is 1. The Morgan fingerprint density at radius 2 is 1.93 bits per heavy atom. The van der Waals surface area contributed by atoms with Crippen LogP contribution in [0.15, 0.2) is 24.3 Å². The summed E-state index contributed by atoms with van der Waals surface area (Å²) in [7, 11) is 1.89. The van der Waals surface area contributed by atoms with Gasteiger partial charge in [-0.1, -0.05) is 39.3 Å². The summed E-state index contributed by atoms with van der Waals surface area (Å²) in [6.07, 6.45) is 5.34. The van der Waals surface area contributed by atoms with Crippen molar-refractivity contribution in [2.75, 3.05) is 11.9 Å². The molecule has 0 N–H and O–H groups in total. The van der Waals surface area contributed by atoms with Crippen molar-refractivity contribution in [2.45, 2.75) is 26.2 Å². The molecule has 0 heterocycles. The van der Waals surface area contributed by atoms with E-state index in [1.165, 1.54) is 5.56 Å². The van der Waals surface area contributed by atoms with E-state index in [-0.39, 0.29) is 5.41 Å². The van der Waals surface area contributed by atoms with E-state index in [2.05, 4.69) is 38.9 Å². The van der Waals surface area contributed by atoms with Gasteiger partial charge in [0.25, 0.3) is 0 Å². The second kappa shape index (κ2) is 3.75. The zero-order valence-corrected chi connectivity index (χ0v) is 9.33. The van der Waals surface area contributed by atoms with Gasteiger partial charge in [-0.2, -0.15) is 0 Å². The third-order valence-corrected chi connectivity index (χ3v) is 2.29. The van der Waals surface area contributed by atoms with Gasteiger partial charge >= 0.3 is 0 Å². The van der Waals surface area contributed by atoms with Crippen molar-refractivity contribution in [3.8, 4) is 12.5 Å². The van der Waals surface area contributed by atoms with E-state index in [0.717, 1.165) is 5.69 Å². The number of rotatable bonds is 1. The summed E-state index contributed by atoms with van der Waals surface area (Å²) in [5, 5.41) is 0. The molecule has 1 aromatic rings. The van der Waals surface area contributed by atoms with Crippen LogP contribution < -0.4 is 4.90 Å². The molecule has 0 aromatic heterocycles. The van der Waals surface area contributed by atoms with E-state index in [4.69, 9.17) is 6.42 Å². The van der Waals surface area contributed by atoms with E-state index >= 15 is 0 Å². The van der Waals surface area contributed by atoms with Crippen molar-refractivity contribution in [3.63, 3.8) is 0 Å². The highest BCUT2D eigenvalue weighted by atomic mass is 15.1. The average molecular weight is 187 g/mol. The van der Waals surface area contributed by atoms with Crippen molar-refractivity contribution in [1.82, 2.24) is 0 Å². The highest BCUT2D eigenvalue weighted by Crippen LogP contribution is 2.25. The van der Waals surface area contributed by atoms with Gasteiger partial charge in [-0.05, 0) is 23.1 Å². The summed E-state index contributed by atoms with van der Waals surface area (Å²) in [4.78, 5) is 1.79. The van der Waals surface area contributed by atoms with Crippen LogP contribution in [0.5, 0.6) is 0 Å². The monoisotopic (exact) mass is 187 g/mol. The minimum Gasteiger partial charge on any atom is -0.305 e. The predicted octanol–water partition coefficient (Wildman–Crippen LogP) is 3.01. The second-order valence-electron chi connectivity index (χ2n) is 4.49. The van der Waals surface area contributed by atoms with E-state index in [0.29, 0.717) is 0 Å². The largest absolute Gasteiger partial charge is 0.305 e. The van der Waals surface area contributed by atoms with E-state index in [9.17, 15) is 0 Å². The van der Waals surface area contributed by atoms with E-state index in [1.54, 1.807) is 4.90 Å². The molecule has 1 rings (SSSR count). The van der Waals surface area contributed by atoms with E-state index < -0.39 is 0 Å². The minimum atomic E-state index is 0.172. The van der Waals surface area contributed by atoms with Crippen LogP contribution in [0.1, 0.15) is 26.3 Å². The van der Waals surface area contributed by atoms with Crippen molar-refractivity contribution in [2.24, 2.45) is 0 Å². The topological polar surface area (TPSA) is 3.24 Å². The molecule has 0 bridgehead atoms. The summed E-state index contributed by atoms with van der Waals surface area (Å²) < 4.78 is 0. The number of nitrogens with zero attached hydrogens (tertiary/aromatic N) is 1. The van der Waals surface area contributed by atoms with E-state index in [1.807, 2.05) is 19.2 Å². The highest BCUT2D eigenvalue weighted by molar-refractivity contribution is 5.52. The Morgan fingerprint density at radius 1 is 1.29 bits per heavy atom. The number of hydrogen-bond donors (Lipinski definition) is 0. The van der Waals surface area contributed by atoms with Gasteiger partial charge in [-0.15, -0.1) is 0 Å². The molecule has 0 aliphatic carbocycles. The number of benzene rings is 1. The fourth-order valence-corrected chi connectivity index (χ4v) is 1.26. The van der Waals surface area contributed by atoms with Crippen LogP contribution >= 0.6 is 0 Å². The van der Waals surface area contributed by atoms with Crippen molar-refractivity contribution in [3.05, 3.63) is 29.8 Å². The molecule has 0 aliphatic heterocycles. The van der Waals surface area contributed by atoms with Crippen LogP contribution in [0.3, 0.4) is 0 Å². The molecule has 0 amide bonds. The summed E-state index contributed by atoms with van der Waals surface area (Å²) in [5.74, 6) is 0. The smallest absolute Gasteiger partial charge is 0.0488 e. The lowest BCUT2D eigenvalue weighted by Crippen LogP contribution is -2.13. The first-order chi connectivity index (χ1) is 6.45. The third kappa shape index (κ3) is 2.29. The molecule has 14 heavy (non-hydrogen) atoms. The zero-order valence-electron chi connectivity index (χ0n) is 9.33. The molecule has 1 heteroatoms. The van der Waals surface area contributed by atoms with Gasteiger partial charge < -0.3 is 4.90 Å². The molecule has 1 nitrogen and oxygen atoms in total. The first-order valence-corrected chi connectivity index (χ1v) is 4.75. The van der Waals surface area contributed by atoms with Crippen molar-refractivity contribution < 1.29 is 0 Å². The normalized spacial score (nSPS) is 10.8. The first-order valence-electron chi connectivity index (χ1n) is 4.75. The third-order valence-electron chi connectivity index (χ3n) is 2.29. The van der Waals surface area contributed by atoms with Gasteiger partial charge in [-0.25, -0.2) is 0 Å². The van der Waals surface area contributed by atoms with Crippen LogP contribution in [0.2, 0.25) is 0 Å². The molecule has 74 valence electrons. The molecular weight excluding hydrogens is 170 g/mol. The maximum absolute atomic E-state index is 5.34. The minimum absolute atomic E-state index is 0.172. The Labute approximate surface area is 86.7 Å². The Hall–Kier alpha value is -1.42. The Bertz CT molecular complexity index is 352. The lowest BCUT2D eigenvalue weighted by Gasteiger charge is -2.21. The van der Waals surface area contributed by atoms with Gasteiger partial charge in [0.15, 0.2) is 0 Å². The standard InChI is InChI=1S/C13H17N/c1-6-14(5)12-9-7-8-11(10-12)13(2,3)4/h1,7-10H,2-5H3. The van der Waals surface area contributed by atoms with Gasteiger partial charge in [0, 0.05) is 18.8 Å². The Kier molecular flexibility index (Phi) is 2.86. The average Bonchev–Trinajstić information content (AvgIpc) is 2.15. The number of hydrogen-bond acceptors (Lipinski definition) is 1. The van der Waals surface area contributed by atoms with Gasteiger partial charge in [0.2, 0.25) is 0 Å². The summed E-state index contributed by atoms with van der Waals surface area (Å²) in [5.41, 5.74) is 2.54. The van der Waals surface area contributed by atoms with Gasteiger partial charge in [0.05, 0.1) is 0 Å². The molecule has 0 unspecified atom stereocenters. The van der Waals surface area contributed by atoms with Crippen molar-refractivity contribution >= 4 is 5.69 Å². The predicted molar refractivity (Wildman–Crippen MR) is 62.4 cm³/mol. The van der Waals surface area contributed by atoms with Gasteiger partial charge in [-0.3, -0.25) is 0 Å². The molecule has 0 fully saturated rings. The van der Waals surface area contributed by atoms with Crippen molar-refractivity contribution in [1.29, 1.82) is 0 Å². The number of terminal acetylenes is 1. The van der Waals surface area contributed by atoms with Crippen LogP contribution in [0, 0.1) is 12.5 Å². The molecule has 0 saturated heterocycles. The summed E-state index contributed by atoms with van der Waals surface area (Å²) in [6.45, 7) is 6.59. The molecule has 1 aromatic carbocycles. The van der Waals surface area contributed by atoms with Crippen LogP contribution in [-0.4, -0.2) is 7.05 Å². The Morgan fingerprint density at radius 3 is 2.43 bits per heavy atom. The SMILES string of the molecule is C#CN(C)c1cccc(C(C)(C)C)c1. The molecule has 0 radical (unpaired) electrons. The summed E-state index contributed by atoms with van der Waals surface area (Å²) in [6, 6.07) is 10.9. The first kappa shape index (κ1) is 10.7. The lowest BCUT2D eigenvalue weighted by molar-refractivity contribution is 0.590. The molecule has 0 saturated carbocycles. The van der Waals surface area contributed by atoms with Crippen LogP contribution in [0.4, 0.5) is 5.69 Å². The molecule has 0 aliphatic rings. The fraction of sp³-hybridized carbons (Fsp3) is 0.385. The maximum atomic E-state index is 5.34. The fourth-order valence-electron chi connectivity index (χ4n) is 1.26. The Balaban J connectivity index is 3.09. The summed E-state index contributed by atoms with van der Waals surface area (Å²) >= 11 is 0. The second-order valence-corrected chi connectivity index (χ2v) is 4.49. The van der Waals surface area contributed by atoms with Crippen LogP contribution in [-0.2, 0) is 5.41 Å². The van der Waals surface area contributed by atoms with Crippen LogP contribution in [0.25, 0.3) is 0 Å². The molecular formula is C13H17N. The molecule has 0 atom stereocenters. The highest BCUT2D eigenvalue weighted by Gasteiger charge is 2.13. The zero-order chi connectivity index (χ0) is 10.8. The van der Waals surface area contributed by atoms with Gasteiger partial charge in [0.1, 0.15) is 0 Å².